The zero-order valence-electron chi connectivity index (χ0n) is 14.7. The van der Waals surface area contributed by atoms with Crippen LogP contribution in [0.1, 0.15) is 62.1 Å². The number of amides is 1. The Labute approximate surface area is 145 Å². The van der Waals surface area contributed by atoms with Crippen LogP contribution in [0.15, 0.2) is 24.3 Å². The number of aryl methyl sites for hydroxylation is 1. The molecule has 1 saturated carbocycles. The molecular weight excluding hydrogens is 296 g/mol. The van der Waals surface area contributed by atoms with Gasteiger partial charge in [-0.15, -0.1) is 0 Å². The van der Waals surface area contributed by atoms with E-state index in [4.69, 9.17) is 0 Å². The average Bonchev–Trinajstić information content (AvgIpc) is 2.62. The van der Waals surface area contributed by atoms with Gasteiger partial charge in [-0.25, -0.2) is 0 Å². The molecule has 1 aromatic rings. The molecule has 3 aliphatic rings. The standard InChI is InChI=1S/C21H30N2O/c24-21(15-23-13-12-16-6-1-2-8-18(16)14-23)22-20-11-5-9-17-7-3-4-10-19(17)20/h3-4,7,10,16,18,20H,1-2,5-6,8-9,11-15H2,(H,22,24). The van der Waals surface area contributed by atoms with Crippen LogP contribution in [0.5, 0.6) is 0 Å². The number of benzene rings is 1. The van der Waals surface area contributed by atoms with Crippen LogP contribution < -0.4 is 5.32 Å². The Morgan fingerprint density at radius 3 is 2.79 bits per heavy atom. The summed E-state index contributed by atoms with van der Waals surface area (Å²) in [7, 11) is 0. The van der Waals surface area contributed by atoms with Crippen molar-refractivity contribution in [1.29, 1.82) is 0 Å². The molecule has 1 saturated heterocycles. The molecule has 1 aliphatic heterocycles. The maximum Gasteiger partial charge on any atom is 0.234 e. The summed E-state index contributed by atoms with van der Waals surface area (Å²) in [5, 5.41) is 3.31. The van der Waals surface area contributed by atoms with Crippen LogP contribution in [0.2, 0.25) is 0 Å². The molecule has 2 aliphatic carbocycles. The van der Waals surface area contributed by atoms with Crippen molar-refractivity contribution < 1.29 is 4.79 Å². The Kier molecular flexibility index (Phi) is 4.88. The fourth-order valence-electron chi connectivity index (χ4n) is 5.17. The minimum atomic E-state index is 0.214. The van der Waals surface area contributed by atoms with E-state index in [1.165, 1.54) is 49.7 Å². The monoisotopic (exact) mass is 326 g/mol. The van der Waals surface area contributed by atoms with Crippen molar-refractivity contribution in [2.45, 2.75) is 57.4 Å². The number of rotatable bonds is 3. The number of carbonyl (C=O) groups excluding carboxylic acids is 1. The van der Waals surface area contributed by atoms with Gasteiger partial charge in [-0.1, -0.05) is 43.5 Å². The van der Waals surface area contributed by atoms with E-state index in [-0.39, 0.29) is 11.9 Å². The molecule has 1 amide bonds. The summed E-state index contributed by atoms with van der Waals surface area (Å²) in [5.41, 5.74) is 2.75. The van der Waals surface area contributed by atoms with Gasteiger partial charge in [0.05, 0.1) is 12.6 Å². The van der Waals surface area contributed by atoms with Crippen LogP contribution in [-0.4, -0.2) is 30.4 Å². The highest BCUT2D eigenvalue weighted by atomic mass is 16.2. The van der Waals surface area contributed by atoms with Gasteiger partial charge in [-0.05, 0) is 61.6 Å². The molecule has 2 fully saturated rings. The number of nitrogens with zero attached hydrogens (tertiary/aromatic N) is 1. The molecule has 24 heavy (non-hydrogen) atoms. The Hall–Kier alpha value is -1.35. The largest absolute Gasteiger partial charge is 0.348 e. The van der Waals surface area contributed by atoms with Crippen LogP contribution in [-0.2, 0) is 11.2 Å². The van der Waals surface area contributed by atoms with Gasteiger partial charge < -0.3 is 5.32 Å². The van der Waals surface area contributed by atoms with Gasteiger partial charge in [0.15, 0.2) is 0 Å². The molecule has 1 aromatic carbocycles. The highest BCUT2D eigenvalue weighted by Gasteiger charge is 2.32. The molecule has 0 spiro atoms. The zero-order chi connectivity index (χ0) is 16.4. The maximum absolute atomic E-state index is 12.6. The van der Waals surface area contributed by atoms with Crippen molar-refractivity contribution in [3.05, 3.63) is 35.4 Å². The molecule has 130 valence electrons. The number of likely N-dealkylation sites (tertiary alicyclic amines) is 1. The predicted octanol–water partition coefficient (Wildman–Crippen LogP) is 3.69. The molecule has 1 heterocycles. The quantitative estimate of drug-likeness (QED) is 0.919. The second-order valence-corrected chi connectivity index (χ2v) is 8.04. The lowest BCUT2D eigenvalue weighted by molar-refractivity contribution is -0.123. The molecule has 0 bridgehead atoms. The second kappa shape index (κ2) is 7.26. The molecule has 1 N–H and O–H groups in total. The fraction of sp³-hybridized carbons (Fsp3) is 0.667. The smallest absolute Gasteiger partial charge is 0.234 e. The SMILES string of the molecule is O=C(CN1CCC2CCCCC2C1)NC1CCCc2ccccc21. The summed E-state index contributed by atoms with van der Waals surface area (Å²) in [4.78, 5) is 15.0. The molecule has 3 atom stereocenters. The van der Waals surface area contributed by atoms with Gasteiger partial charge in [0.25, 0.3) is 0 Å². The number of fused-ring (bicyclic) bond motifs is 2. The van der Waals surface area contributed by atoms with Crippen molar-refractivity contribution in [3.8, 4) is 0 Å². The van der Waals surface area contributed by atoms with Crippen molar-refractivity contribution in [3.63, 3.8) is 0 Å². The predicted molar refractivity (Wildman–Crippen MR) is 96.8 cm³/mol. The van der Waals surface area contributed by atoms with E-state index in [2.05, 4.69) is 34.5 Å². The summed E-state index contributed by atoms with van der Waals surface area (Å²) in [6.07, 6.45) is 10.3. The van der Waals surface area contributed by atoms with Gasteiger partial charge in [-0.3, -0.25) is 9.69 Å². The second-order valence-electron chi connectivity index (χ2n) is 8.04. The molecule has 0 radical (unpaired) electrons. The molecule has 3 nitrogen and oxygen atoms in total. The van der Waals surface area contributed by atoms with Crippen molar-refractivity contribution in [2.24, 2.45) is 11.8 Å². The third-order valence-corrected chi connectivity index (χ3v) is 6.45. The first-order valence-electron chi connectivity index (χ1n) is 9.89. The van der Waals surface area contributed by atoms with Crippen LogP contribution in [0, 0.1) is 11.8 Å². The van der Waals surface area contributed by atoms with Crippen LogP contribution >= 0.6 is 0 Å². The van der Waals surface area contributed by atoms with Gasteiger partial charge in [0.2, 0.25) is 5.91 Å². The molecule has 4 rings (SSSR count). The lowest BCUT2D eigenvalue weighted by atomic mass is 9.75. The summed E-state index contributed by atoms with van der Waals surface area (Å²) in [5.74, 6) is 1.99. The van der Waals surface area contributed by atoms with Crippen molar-refractivity contribution in [2.75, 3.05) is 19.6 Å². The van der Waals surface area contributed by atoms with Crippen LogP contribution in [0.25, 0.3) is 0 Å². The van der Waals surface area contributed by atoms with Crippen LogP contribution in [0.4, 0.5) is 0 Å². The molecule has 3 heteroatoms. The van der Waals surface area contributed by atoms with E-state index in [0.717, 1.165) is 37.8 Å². The van der Waals surface area contributed by atoms with E-state index in [9.17, 15) is 4.79 Å². The Bertz CT molecular complexity index is 585. The Morgan fingerprint density at radius 1 is 1.04 bits per heavy atom. The summed E-state index contributed by atoms with van der Waals surface area (Å²) < 4.78 is 0. The highest BCUT2D eigenvalue weighted by Crippen LogP contribution is 2.36. The lowest BCUT2D eigenvalue weighted by Gasteiger charge is -2.41. The van der Waals surface area contributed by atoms with Crippen molar-refractivity contribution >= 4 is 5.91 Å². The number of piperidine rings is 1. The summed E-state index contributed by atoms with van der Waals surface area (Å²) >= 11 is 0. The van der Waals surface area contributed by atoms with Gasteiger partial charge in [0, 0.05) is 6.54 Å². The molecular formula is C21H30N2O. The Balaban J connectivity index is 1.33. The summed E-state index contributed by atoms with van der Waals surface area (Å²) in [6, 6.07) is 8.82. The van der Waals surface area contributed by atoms with E-state index < -0.39 is 0 Å². The molecule has 0 aromatic heterocycles. The minimum Gasteiger partial charge on any atom is -0.348 e. The van der Waals surface area contributed by atoms with E-state index in [1.807, 2.05) is 0 Å². The number of nitrogens with one attached hydrogen (secondary N) is 1. The van der Waals surface area contributed by atoms with E-state index >= 15 is 0 Å². The first-order chi connectivity index (χ1) is 11.8. The third kappa shape index (κ3) is 3.51. The maximum atomic E-state index is 12.6. The Morgan fingerprint density at radius 2 is 1.88 bits per heavy atom. The fourth-order valence-corrected chi connectivity index (χ4v) is 5.17. The first-order valence-corrected chi connectivity index (χ1v) is 9.89. The highest BCUT2D eigenvalue weighted by molar-refractivity contribution is 5.78. The van der Waals surface area contributed by atoms with Gasteiger partial charge in [-0.2, -0.15) is 0 Å². The third-order valence-electron chi connectivity index (χ3n) is 6.45. The first kappa shape index (κ1) is 16.1. The van der Waals surface area contributed by atoms with Gasteiger partial charge in [0.1, 0.15) is 0 Å². The number of hydrogen-bond donors (Lipinski definition) is 1. The summed E-state index contributed by atoms with van der Waals surface area (Å²) in [6.45, 7) is 2.83. The normalized spacial score (nSPS) is 30.2. The van der Waals surface area contributed by atoms with Crippen molar-refractivity contribution in [1.82, 2.24) is 10.2 Å². The average molecular weight is 326 g/mol. The number of carbonyl (C=O) groups is 1. The van der Waals surface area contributed by atoms with E-state index in [0.29, 0.717) is 6.54 Å². The number of hydrogen-bond acceptors (Lipinski definition) is 2. The topological polar surface area (TPSA) is 32.3 Å². The van der Waals surface area contributed by atoms with E-state index in [1.54, 1.807) is 0 Å². The zero-order valence-corrected chi connectivity index (χ0v) is 14.7. The van der Waals surface area contributed by atoms with Gasteiger partial charge >= 0.3 is 0 Å². The lowest BCUT2D eigenvalue weighted by Crippen LogP contribution is -2.46. The molecule has 3 unspecified atom stereocenters. The van der Waals surface area contributed by atoms with Crippen LogP contribution in [0.3, 0.4) is 0 Å². The minimum absolute atomic E-state index is 0.214.